The molecule has 0 bridgehead atoms. The van der Waals surface area contributed by atoms with E-state index in [0.29, 0.717) is 6.54 Å². The fraction of sp³-hybridized carbons (Fsp3) is 0.400. The maximum absolute atomic E-state index is 10.8. The summed E-state index contributed by atoms with van der Waals surface area (Å²) in [6.45, 7) is 1.22. The molecule has 1 heterocycles. The SMILES string of the molecule is CNCCCNc1nc(C(=O)O)ccc1[N+](=O)[O-]. The molecule has 3 N–H and O–H groups in total. The van der Waals surface area contributed by atoms with E-state index in [1.165, 1.54) is 0 Å². The van der Waals surface area contributed by atoms with E-state index >= 15 is 0 Å². The fourth-order valence-corrected chi connectivity index (χ4v) is 1.32. The van der Waals surface area contributed by atoms with Crippen LogP contribution in [0.15, 0.2) is 12.1 Å². The number of carbonyl (C=O) groups is 1. The zero-order valence-electron chi connectivity index (χ0n) is 9.84. The Labute approximate surface area is 103 Å². The minimum Gasteiger partial charge on any atom is -0.477 e. The predicted octanol–water partition coefficient (Wildman–Crippen LogP) is 0.709. The molecule has 0 radical (unpaired) electrons. The van der Waals surface area contributed by atoms with Crippen LogP contribution in [0.1, 0.15) is 16.9 Å². The monoisotopic (exact) mass is 254 g/mol. The highest BCUT2D eigenvalue weighted by molar-refractivity contribution is 5.86. The van der Waals surface area contributed by atoms with Crippen molar-refractivity contribution in [1.82, 2.24) is 10.3 Å². The van der Waals surface area contributed by atoms with Crippen molar-refractivity contribution in [3.05, 3.63) is 27.9 Å². The summed E-state index contributed by atoms with van der Waals surface area (Å²) in [5.74, 6) is -1.24. The Bertz CT molecular complexity index is 450. The molecule has 0 aliphatic rings. The van der Waals surface area contributed by atoms with Gasteiger partial charge < -0.3 is 15.7 Å². The average molecular weight is 254 g/mol. The highest BCUT2D eigenvalue weighted by Crippen LogP contribution is 2.21. The maximum Gasteiger partial charge on any atom is 0.354 e. The Morgan fingerprint density at radius 1 is 1.50 bits per heavy atom. The zero-order chi connectivity index (χ0) is 13.5. The van der Waals surface area contributed by atoms with Crippen molar-refractivity contribution in [2.75, 3.05) is 25.5 Å². The molecule has 0 aromatic carbocycles. The van der Waals surface area contributed by atoms with Crippen LogP contribution in [-0.4, -0.2) is 41.1 Å². The summed E-state index contributed by atoms with van der Waals surface area (Å²) in [6, 6.07) is 2.25. The molecular formula is C10H14N4O4. The first-order valence-electron chi connectivity index (χ1n) is 5.33. The maximum atomic E-state index is 10.8. The number of rotatable bonds is 7. The molecule has 0 aliphatic carbocycles. The van der Waals surface area contributed by atoms with E-state index in [0.717, 1.165) is 25.1 Å². The number of nitro groups is 1. The smallest absolute Gasteiger partial charge is 0.354 e. The van der Waals surface area contributed by atoms with Crippen LogP contribution in [0.4, 0.5) is 11.5 Å². The van der Waals surface area contributed by atoms with Gasteiger partial charge >= 0.3 is 11.7 Å². The van der Waals surface area contributed by atoms with Gasteiger partial charge in [-0.3, -0.25) is 10.1 Å². The summed E-state index contributed by atoms with van der Waals surface area (Å²) in [6.07, 6.45) is 0.743. The van der Waals surface area contributed by atoms with Crippen LogP contribution in [0.3, 0.4) is 0 Å². The van der Waals surface area contributed by atoms with Crippen LogP contribution < -0.4 is 10.6 Å². The van der Waals surface area contributed by atoms with Gasteiger partial charge in [0.05, 0.1) is 4.92 Å². The zero-order valence-corrected chi connectivity index (χ0v) is 9.84. The number of nitrogens with one attached hydrogen (secondary N) is 2. The summed E-state index contributed by atoms with van der Waals surface area (Å²) >= 11 is 0. The lowest BCUT2D eigenvalue weighted by Crippen LogP contribution is -2.14. The molecule has 98 valence electrons. The molecule has 0 unspecified atom stereocenters. The Balaban J connectivity index is 2.86. The first kappa shape index (κ1) is 13.8. The minimum absolute atomic E-state index is 0.0176. The third-order valence-electron chi connectivity index (χ3n) is 2.19. The van der Waals surface area contributed by atoms with Crippen LogP contribution in [0.2, 0.25) is 0 Å². The Kier molecular flexibility index (Phi) is 5.00. The third kappa shape index (κ3) is 3.67. The predicted molar refractivity (Wildman–Crippen MR) is 64.9 cm³/mol. The molecule has 0 amide bonds. The molecular weight excluding hydrogens is 240 g/mol. The number of hydrogen-bond acceptors (Lipinski definition) is 6. The molecule has 0 atom stereocenters. The van der Waals surface area contributed by atoms with Gasteiger partial charge in [0.25, 0.3) is 0 Å². The highest BCUT2D eigenvalue weighted by atomic mass is 16.6. The molecule has 8 nitrogen and oxygen atoms in total. The third-order valence-corrected chi connectivity index (χ3v) is 2.19. The average Bonchev–Trinajstić information content (AvgIpc) is 2.34. The van der Waals surface area contributed by atoms with Gasteiger partial charge in [-0.1, -0.05) is 0 Å². The Morgan fingerprint density at radius 3 is 2.78 bits per heavy atom. The quantitative estimate of drug-likeness (QED) is 0.372. The summed E-state index contributed by atoms with van der Waals surface area (Å²) in [7, 11) is 1.80. The van der Waals surface area contributed by atoms with Crippen molar-refractivity contribution in [3.8, 4) is 0 Å². The molecule has 0 fully saturated rings. The second-order valence-electron chi connectivity index (χ2n) is 3.51. The lowest BCUT2D eigenvalue weighted by molar-refractivity contribution is -0.384. The molecule has 1 aromatic heterocycles. The van der Waals surface area contributed by atoms with Gasteiger partial charge in [-0.05, 0) is 26.1 Å². The second kappa shape index (κ2) is 6.50. The molecule has 0 aliphatic heterocycles. The van der Waals surface area contributed by atoms with Crippen LogP contribution in [0, 0.1) is 10.1 Å². The number of aromatic carboxylic acids is 1. The van der Waals surface area contributed by atoms with E-state index in [4.69, 9.17) is 5.11 Å². The van der Waals surface area contributed by atoms with Crippen molar-refractivity contribution < 1.29 is 14.8 Å². The van der Waals surface area contributed by atoms with E-state index < -0.39 is 10.9 Å². The Hall–Kier alpha value is -2.22. The first-order valence-corrected chi connectivity index (χ1v) is 5.33. The summed E-state index contributed by atoms with van der Waals surface area (Å²) in [5.41, 5.74) is -0.457. The van der Waals surface area contributed by atoms with E-state index in [9.17, 15) is 14.9 Å². The van der Waals surface area contributed by atoms with Gasteiger partial charge in [-0.25, -0.2) is 9.78 Å². The summed E-state index contributed by atoms with van der Waals surface area (Å²) < 4.78 is 0. The van der Waals surface area contributed by atoms with Crippen LogP contribution >= 0.6 is 0 Å². The molecule has 0 spiro atoms. The van der Waals surface area contributed by atoms with Gasteiger partial charge in [0.15, 0.2) is 5.69 Å². The standard InChI is InChI=1S/C10H14N4O4/c1-11-5-2-6-12-9-8(14(17)18)4-3-7(13-9)10(15)16/h3-4,11H,2,5-6H2,1H3,(H,12,13)(H,15,16). The van der Waals surface area contributed by atoms with E-state index in [-0.39, 0.29) is 17.2 Å². The van der Waals surface area contributed by atoms with Gasteiger partial charge in [-0.2, -0.15) is 0 Å². The number of carboxylic acid groups (broad SMARTS) is 1. The van der Waals surface area contributed by atoms with E-state index in [1.807, 2.05) is 0 Å². The van der Waals surface area contributed by atoms with Gasteiger partial charge in [0.1, 0.15) is 0 Å². The normalized spacial score (nSPS) is 10.1. The van der Waals surface area contributed by atoms with Gasteiger partial charge in [0.2, 0.25) is 5.82 Å². The summed E-state index contributed by atoms with van der Waals surface area (Å²) in [4.78, 5) is 24.6. The number of pyridine rings is 1. The molecule has 1 aromatic rings. The lowest BCUT2D eigenvalue weighted by Gasteiger charge is -2.06. The molecule has 0 saturated carbocycles. The van der Waals surface area contributed by atoms with Crippen LogP contribution in [0.25, 0.3) is 0 Å². The number of carboxylic acids is 1. The van der Waals surface area contributed by atoms with Crippen molar-refractivity contribution in [1.29, 1.82) is 0 Å². The van der Waals surface area contributed by atoms with E-state index in [1.54, 1.807) is 7.05 Å². The number of anilines is 1. The molecule has 0 saturated heterocycles. The number of hydrogen-bond donors (Lipinski definition) is 3. The van der Waals surface area contributed by atoms with Gasteiger partial charge in [-0.15, -0.1) is 0 Å². The van der Waals surface area contributed by atoms with Crippen molar-refractivity contribution >= 4 is 17.5 Å². The summed E-state index contributed by atoms with van der Waals surface area (Å²) in [5, 5.41) is 25.2. The van der Waals surface area contributed by atoms with Crippen LogP contribution in [-0.2, 0) is 0 Å². The van der Waals surface area contributed by atoms with E-state index in [2.05, 4.69) is 15.6 Å². The van der Waals surface area contributed by atoms with Crippen molar-refractivity contribution in [2.24, 2.45) is 0 Å². The topological polar surface area (TPSA) is 117 Å². The van der Waals surface area contributed by atoms with Gasteiger partial charge in [0, 0.05) is 12.6 Å². The number of nitrogens with zero attached hydrogens (tertiary/aromatic N) is 2. The minimum atomic E-state index is -1.22. The molecule has 1 rings (SSSR count). The Morgan fingerprint density at radius 2 is 2.22 bits per heavy atom. The van der Waals surface area contributed by atoms with Crippen molar-refractivity contribution in [2.45, 2.75) is 6.42 Å². The van der Waals surface area contributed by atoms with Crippen LogP contribution in [0.5, 0.6) is 0 Å². The molecule has 18 heavy (non-hydrogen) atoms. The molecule has 8 heteroatoms. The first-order chi connectivity index (χ1) is 8.56. The second-order valence-corrected chi connectivity index (χ2v) is 3.51. The largest absolute Gasteiger partial charge is 0.477 e. The fourth-order valence-electron chi connectivity index (χ4n) is 1.32. The number of aromatic nitrogens is 1. The highest BCUT2D eigenvalue weighted by Gasteiger charge is 2.17. The lowest BCUT2D eigenvalue weighted by atomic mass is 10.3. The van der Waals surface area contributed by atoms with Crippen molar-refractivity contribution in [3.63, 3.8) is 0 Å².